The van der Waals surface area contributed by atoms with Gasteiger partial charge in [0.2, 0.25) is 0 Å². The molecule has 6 aromatic rings. The van der Waals surface area contributed by atoms with Crippen LogP contribution in [0.25, 0.3) is 22.3 Å². The molecule has 0 nitrogen and oxygen atoms in total. The molecule has 0 saturated carbocycles. The third-order valence-corrected chi connectivity index (χ3v) is 10.2. The van der Waals surface area contributed by atoms with Crippen LogP contribution >= 0.6 is 23.2 Å². The predicted molar refractivity (Wildman–Crippen MR) is 207 cm³/mol. The Morgan fingerprint density at radius 3 is 1.24 bits per heavy atom. The first-order valence-electron chi connectivity index (χ1n) is 17.5. The SMILES string of the molecule is CCCc1ccc(-c2ccc(CC(c3ccc(Cl)cc3)C(Cc3ccc(Cl)c(F)c3)c3ccc(-c4ccc(CCC)cc4)cc3)cc2)cc1. The maximum atomic E-state index is 14.8. The highest BCUT2D eigenvalue weighted by atomic mass is 35.5. The van der Waals surface area contributed by atoms with Crippen LogP contribution in [-0.4, -0.2) is 0 Å². The quantitative estimate of drug-likeness (QED) is 0.114. The van der Waals surface area contributed by atoms with E-state index >= 15 is 0 Å². The van der Waals surface area contributed by atoms with E-state index in [1.54, 1.807) is 12.1 Å². The van der Waals surface area contributed by atoms with Crippen LogP contribution in [-0.2, 0) is 25.7 Å². The van der Waals surface area contributed by atoms with Gasteiger partial charge in [0, 0.05) is 5.02 Å². The van der Waals surface area contributed by atoms with Crippen molar-refractivity contribution < 1.29 is 4.39 Å². The van der Waals surface area contributed by atoms with E-state index in [1.165, 1.54) is 50.1 Å². The van der Waals surface area contributed by atoms with E-state index in [0.717, 1.165) is 37.7 Å². The minimum atomic E-state index is -0.388. The molecule has 0 aliphatic rings. The lowest BCUT2D eigenvalue weighted by atomic mass is 9.75. The average molecular weight is 686 g/mol. The van der Waals surface area contributed by atoms with Gasteiger partial charge in [-0.3, -0.25) is 0 Å². The van der Waals surface area contributed by atoms with Gasteiger partial charge in [0.1, 0.15) is 5.82 Å². The molecule has 0 heterocycles. The molecule has 0 amide bonds. The Morgan fingerprint density at radius 1 is 0.449 bits per heavy atom. The van der Waals surface area contributed by atoms with Crippen molar-refractivity contribution in [1.82, 2.24) is 0 Å². The largest absolute Gasteiger partial charge is 0.205 e. The Hall–Kier alpha value is -4.17. The van der Waals surface area contributed by atoms with Gasteiger partial charge in [0.25, 0.3) is 0 Å². The Bertz CT molecular complexity index is 1930. The second-order valence-corrected chi connectivity index (χ2v) is 14.0. The van der Waals surface area contributed by atoms with Crippen LogP contribution in [0.15, 0.2) is 140 Å². The third kappa shape index (κ3) is 8.90. The summed E-state index contributed by atoms with van der Waals surface area (Å²) in [6.07, 6.45) is 5.96. The molecule has 0 aromatic heterocycles. The summed E-state index contributed by atoms with van der Waals surface area (Å²) < 4.78 is 14.8. The van der Waals surface area contributed by atoms with Gasteiger partial charge < -0.3 is 0 Å². The second kappa shape index (κ2) is 16.5. The van der Waals surface area contributed by atoms with Crippen LogP contribution in [0.2, 0.25) is 10.0 Å². The number of hydrogen-bond acceptors (Lipinski definition) is 0. The maximum Gasteiger partial charge on any atom is 0.142 e. The highest BCUT2D eigenvalue weighted by Gasteiger charge is 2.26. The summed E-state index contributed by atoms with van der Waals surface area (Å²) in [6, 6.07) is 49.1. The van der Waals surface area contributed by atoms with Crippen molar-refractivity contribution in [3.63, 3.8) is 0 Å². The average Bonchev–Trinajstić information content (AvgIpc) is 3.13. The zero-order valence-electron chi connectivity index (χ0n) is 28.3. The van der Waals surface area contributed by atoms with Crippen molar-refractivity contribution in [2.24, 2.45) is 0 Å². The normalized spacial score (nSPS) is 12.5. The molecule has 49 heavy (non-hydrogen) atoms. The Morgan fingerprint density at radius 2 is 0.816 bits per heavy atom. The summed E-state index contributed by atoms with van der Waals surface area (Å²) in [5.41, 5.74) is 12.2. The Balaban J connectivity index is 1.35. The smallest absolute Gasteiger partial charge is 0.142 e. The van der Waals surface area contributed by atoms with Crippen molar-refractivity contribution in [2.75, 3.05) is 0 Å². The van der Waals surface area contributed by atoms with Crippen LogP contribution in [0.3, 0.4) is 0 Å². The lowest BCUT2D eigenvalue weighted by Crippen LogP contribution is -2.17. The molecule has 0 N–H and O–H groups in total. The number of aryl methyl sites for hydroxylation is 2. The molecule has 6 rings (SSSR count). The van der Waals surface area contributed by atoms with Gasteiger partial charge in [-0.1, -0.05) is 165 Å². The monoisotopic (exact) mass is 684 g/mol. The number of halogens is 3. The first-order chi connectivity index (χ1) is 23.9. The van der Waals surface area contributed by atoms with Crippen molar-refractivity contribution in [3.8, 4) is 22.3 Å². The Labute approximate surface area is 301 Å². The molecule has 0 fully saturated rings. The number of rotatable bonds is 13. The summed E-state index contributed by atoms with van der Waals surface area (Å²) in [7, 11) is 0. The molecule has 3 heteroatoms. The van der Waals surface area contributed by atoms with Gasteiger partial charge in [-0.2, -0.15) is 0 Å². The van der Waals surface area contributed by atoms with Gasteiger partial charge in [0.05, 0.1) is 5.02 Å². The van der Waals surface area contributed by atoms with Crippen LogP contribution in [0, 0.1) is 5.82 Å². The van der Waals surface area contributed by atoms with Gasteiger partial charge in [0.15, 0.2) is 0 Å². The zero-order valence-corrected chi connectivity index (χ0v) is 29.8. The molecule has 0 aliphatic heterocycles. The molecule has 0 radical (unpaired) electrons. The minimum absolute atomic E-state index is 0.0634. The molecular formula is C46H43Cl2F. The molecule has 6 aromatic carbocycles. The molecular weight excluding hydrogens is 642 g/mol. The van der Waals surface area contributed by atoms with E-state index in [2.05, 4.69) is 123 Å². The standard InChI is InChI=1S/C46H43Cl2F/c1-3-5-32-7-14-36(15-8-32)38-18-11-34(12-19-38)29-43(41-24-26-42(47)27-25-41)44(30-35-13-28-45(48)46(49)31-35)40-22-20-39(21-23-40)37-16-9-33(6-4-2)10-17-37/h7-28,31,43-44H,3-6,29-30H2,1-2H3. The summed E-state index contributed by atoms with van der Waals surface area (Å²) in [4.78, 5) is 0. The molecule has 0 saturated heterocycles. The lowest BCUT2D eigenvalue weighted by Gasteiger charge is -2.29. The maximum absolute atomic E-state index is 14.8. The zero-order chi connectivity index (χ0) is 34.2. The number of benzene rings is 6. The summed E-state index contributed by atoms with van der Waals surface area (Å²) in [5, 5.41) is 0.853. The van der Waals surface area contributed by atoms with E-state index in [0.29, 0.717) is 11.4 Å². The van der Waals surface area contributed by atoms with Crippen molar-refractivity contribution >= 4 is 23.2 Å². The van der Waals surface area contributed by atoms with Gasteiger partial charge in [-0.15, -0.1) is 0 Å². The molecule has 0 aliphatic carbocycles. The van der Waals surface area contributed by atoms with Crippen LogP contribution in [0.4, 0.5) is 4.39 Å². The summed E-state index contributed by atoms with van der Waals surface area (Å²) in [5.74, 6) is -0.218. The Kier molecular flexibility index (Phi) is 11.7. The molecule has 2 atom stereocenters. The van der Waals surface area contributed by atoms with Crippen LogP contribution in [0.1, 0.15) is 71.9 Å². The van der Waals surface area contributed by atoms with Crippen molar-refractivity contribution in [3.05, 3.63) is 189 Å². The van der Waals surface area contributed by atoms with E-state index in [1.807, 2.05) is 18.2 Å². The minimum Gasteiger partial charge on any atom is -0.205 e. The van der Waals surface area contributed by atoms with Crippen molar-refractivity contribution in [2.45, 2.75) is 64.2 Å². The number of hydrogen-bond donors (Lipinski definition) is 0. The van der Waals surface area contributed by atoms with Gasteiger partial charge in [-0.05, 0) is 117 Å². The predicted octanol–water partition coefficient (Wildman–Crippen LogP) is 13.7. The fourth-order valence-corrected chi connectivity index (χ4v) is 7.17. The molecule has 0 bridgehead atoms. The third-order valence-electron chi connectivity index (χ3n) is 9.62. The van der Waals surface area contributed by atoms with E-state index < -0.39 is 0 Å². The summed E-state index contributed by atoms with van der Waals surface area (Å²) >= 11 is 12.5. The van der Waals surface area contributed by atoms with E-state index in [4.69, 9.17) is 23.2 Å². The molecule has 248 valence electrons. The van der Waals surface area contributed by atoms with Crippen LogP contribution < -0.4 is 0 Å². The lowest BCUT2D eigenvalue weighted by molar-refractivity contribution is 0.529. The molecule has 2 unspecified atom stereocenters. The highest BCUT2D eigenvalue weighted by molar-refractivity contribution is 6.30. The van der Waals surface area contributed by atoms with Gasteiger partial charge >= 0.3 is 0 Å². The van der Waals surface area contributed by atoms with Gasteiger partial charge in [-0.25, -0.2) is 4.39 Å². The van der Waals surface area contributed by atoms with Crippen molar-refractivity contribution in [1.29, 1.82) is 0 Å². The summed E-state index contributed by atoms with van der Waals surface area (Å²) in [6.45, 7) is 4.42. The second-order valence-electron chi connectivity index (χ2n) is 13.1. The fourth-order valence-electron chi connectivity index (χ4n) is 6.93. The van der Waals surface area contributed by atoms with Crippen LogP contribution in [0.5, 0.6) is 0 Å². The highest BCUT2D eigenvalue weighted by Crippen LogP contribution is 2.40. The molecule has 0 spiro atoms. The topological polar surface area (TPSA) is 0 Å². The first-order valence-corrected chi connectivity index (χ1v) is 18.2. The van der Waals surface area contributed by atoms with E-state index in [9.17, 15) is 4.39 Å². The first kappa shape index (κ1) is 34.7. The fraction of sp³-hybridized carbons (Fsp3) is 0.217. The van der Waals surface area contributed by atoms with E-state index in [-0.39, 0.29) is 22.7 Å².